The van der Waals surface area contributed by atoms with Crippen LogP contribution in [0.1, 0.15) is 11.3 Å². The number of fused-ring (bicyclic) bond motifs is 1. The molecule has 1 aliphatic heterocycles. The molecule has 0 atom stereocenters. The zero-order chi connectivity index (χ0) is 18.0. The van der Waals surface area contributed by atoms with Crippen molar-refractivity contribution in [2.24, 2.45) is 0 Å². The Labute approximate surface area is 141 Å². The number of rotatable bonds is 4. The largest absolute Gasteiger partial charge is 0.486 e. The normalized spacial score (nSPS) is 13.6. The number of carbonyl (C=O) groups is 1. The molecule has 0 unspecified atom stereocenters. The monoisotopic (exact) mass is 355 g/mol. The molecule has 0 saturated heterocycles. The summed E-state index contributed by atoms with van der Waals surface area (Å²) in [7, 11) is 1.58. The molecular weight excluding hydrogens is 339 g/mol. The smallest absolute Gasteiger partial charge is 0.435 e. The molecule has 0 spiro atoms. The van der Waals surface area contributed by atoms with Gasteiger partial charge < -0.3 is 14.4 Å². The van der Waals surface area contributed by atoms with Crippen molar-refractivity contribution >= 4 is 5.91 Å². The molecule has 3 rings (SSSR count). The lowest BCUT2D eigenvalue weighted by Crippen LogP contribution is -2.30. The minimum absolute atomic E-state index is 0.267. The summed E-state index contributed by atoms with van der Waals surface area (Å²) in [6, 6.07) is 6.21. The number of likely N-dealkylation sites (N-methyl/N-ethyl adjacent to an activating group) is 1. The molecule has 1 aromatic heterocycles. The molecule has 0 aliphatic carbocycles. The van der Waals surface area contributed by atoms with Crippen LogP contribution in [0.5, 0.6) is 11.5 Å². The summed E-state index contributed by atoms with van der Waals surface area (Å²) in [5.41, 5.74) is -0.189. The van der Waals surface area contributed by atoms with Crippen LogP contribution in [0.25, 0.3) is 0 Å². The zero-order valence-electron chi connectivity index (χ0n) is 13.4. The van der Waals surface area contributed by atoms with Crippen LogP contribution in [-0.2, 0) is 24.1 Å². The van der Waals surface area contributed by atoms with Gasteiger partial charge in [0.1, 0.15) is 19.8 Å². The van der Waals surface area contributed by atoms with Gasteiger partial charge in [-0.25, -0.2) is 0 Å². The number of hydrogen-bond acceptors (Lipinski definition) is 4. The number of halogens is 3. The number of carbonyl (C=O) groups excluding carboxylic acids is 1. The van der Waals surface area contributed by atoms with Crippen molar-refractivity contribution in [3.63, 3.8) is 0 Å². The minimum atomic E-state index is -4.52. The Morgan fingerprint density at radius 3 is 2.64 bits per heavy atom. The Hall–Kier alpha value is -2.71. The highest BCUT2D eigenvalue weighted by Gasteiger charge is 2.33. The molecule has 0 N–H and O–H groups in total. The third-order valence-corrected chi connectivity index (χ3v) is 3.68. The zero-order valence-corrected chi connectivity index (χ0v) is 13.4. The summed E-state index contributed by atoms with van der Waals surface area (Å²) >= 11 is 0. The standard InChI is InChI=1S/C16H16F3N3O3/c1-21(9-11-2-3-12-13(8-11)25-7-6-24-12)15(23)10-22-5-4-14(20-22)16(17,18)19/h2-5,8H,6-7,9-10H2,1H3. The van der Waals surface area contributed by atoms with Crippen LogP contribution in [-0.4, -0.2) is 40.8 Å². The van der Waals surface area contributed by atoms with Crippen LogP contribution in [0.2, 0.25) is 0 Å². The molecule has 0 bridgehead atoms. The molecule has 0 radical (unpaired) electrons. The average Bonchev–Trinajstić information content (AvgIpc) is 3.03. The molecule has 1 aromatic carbocycles. The van der Waals surface area contributed by atoms with Crippen LogP contribution < -0.4 is 9.47 Å². The highest BCUT2D eigenvalue weighted by atomic mass is 19.4. The van der Waals surface area contributed by atoms with E-state index in [1.54, 1.807) is 19.2 Å². The van der Waals surface area contributed by atoms with Gasteiger partial charge in [-0.3, -0.25) is 9.48 Å². The number of nitrogens with zero attached hydrogens (tertiary/aromatic N) is 3. The summed E-state index contributed by atoms with van der Waals surface area (Å²) in [6.45, 7) is 0.987. The van der Waals surface area contributed by atoms with Gasteiger partial charge in [0, 0.05) is 19.8 Å². The third kappa shape index (κ3) is 4.04. The van der Waals surface area contributed by atoms with Gasteiger partial charge in [0.15, 0.2) is 17.2 Å². The molecule has 9 heteroatoms. The van der Waals surface area contributed by atoms with Crippen LogP contribution in [0, 0.1) is 0 Å². The molecule has 0 fully saturated rings. The number of ether oxygens (including phenoxy) is 2. The summed E-state index contributed by atoms with van der Waals surface area (Å²) in [6.07, 6.45) is -3.38. The van der Waals surface area contributed by atoms with E-state index >= 15 is 0 Å². The molecule has 134 valence electrons. The van der Waals surface area contributed by atoms with E-state index in [4.69, 9.17) is 9.47 Å². The summed E-state index contributed by atoms with van der Waals surface area (Å²) in [5.74, 6) is 0.915. The SMILES string of the molecule is CN(Cc1ccc2c(c1)OCCO2)C(=O)Cn1ccc(C(F)(F)F)n1. The van der Waals surface area contributed by atoms with Crippen LogP contribution in [0.15, 0.2) is 30.5 Å². The van der Waals surface area contributed by atoms with E-state index in [1.807, 2.05) is 6.07 Å². The fourth-order valence-electron chi connectivity index (χ4n) is 2.41. The van der Waals surface area contributed by atoms with E-state index in [1.165, 1.54) is 4.90 Å². The summed E-state index contributed by atoms with van der Waals surface area (Å²) in [4.78, 5) is 13.6. The van der Waals surface area contributed by atoms with Crippen molar-refractivity contribution < 1.29 is 27.4 Å². The van der Waals surface area contributed by atoms with Gasteiger partial charge in [0.25, 0.3) is 0 Å². The number of aromatic nitrogens is 2. The Morgan fingerprint density at radius 2 is 1.96 bits per heavy atom. The van der Waals surface area contributed by atoms with Gasteiger partial charge in [0.05, 0.1) is 0 Å². The van der Waals surface area contributed by atoms with Crippen LogP contribution in [0.3, 0.4) is 0 Å². The van der Waals surface area contributed by atoms with Crippen molar-refractivity contribution in [3.8, 4) is 11.5 Å². The molecular formula is C16H16F3N3O3. The lowest BCUT2D eigenvalue weighted by Gasteiger charge is -2.21. The number of alkyl halides is 3. The van der Waals surface area contributed by atoms with Crippen molar-refractivity contribution in [3.05, 3.63) is 41.7 Å². The van der Waals surface area contributed by atoms with Gasteiger partial charge >= 0.3 is 6.18 Å². The second kappa shape index (κ2) is 6.66. The maximum Gasteiger partial charge on any atom is 0.435 e. The Morgan fingerprint density at radius 1 is 1.24 bits per heavy atom. The van der Waals surface area contributed by atoms with E-state index in [9.17, 15) is 18.0 Å². The first-order valence-corrected chi connectivity index (χ1v) is 7.56. The number of benzene rings is 1. The quantitative estimate of drug-likeness (QED) is 0.845. The van der Waals surface area contributed by atoms with Gasteiger partial charge in [-0.15, -0.1) is 0 Å². The van der Waals surface area contributed by atoms with Gasteiger partial charge in [-0.1, -0.05) is 6.07 Å². The third-order valence-electron chi connectivity index (χ3n) is 3.68. The first-order valence-electron chi connectivity index (χ1n) is 7.56. The van der Waals surface area contributed by atoms with Gasteiger partial charge in [0.2, 0.25) is 5.91 Å². The number of amides is 1. The van der Waals surface area contributed by atoms with Crippen molar-refractivity contribution in [1.29, 1.82) is 0 Å². The summed E-state index contributed by atoms with van der Waals surface area (Å²) < 4.78 is 49.5. The van der Waals surface area contributed by atoms with Crippen LogP contribution >= 0.6 is 0 Å². The fraction of sp³-hybridized carbons (Fsp3) is 0.375. The average molecular weight is 355 g/mol. The molecule has 2 aromatic rings. The predicted molar refractivity (Wildman–Crippen MR) is 81.1 cm³/mol. The minimum Gasteiger partial charge on any atom is -0.486 e. The molecule has 2 heterocycles. The topological polar surface area (TPSA) is 56.6 Å². The van der Waals surface area contributed by atoms with Gasteiger partial charge in [-0.05, 0) is 23.8 Å². The van der Waals surface area contributed by atoms with E-state index < -0.39 is 11.9 Å². The van der Waals surface area contributed by atoms with Gasteiger partial charge in [-0.2, -0.15) is 18.3 Å². The second-order valence-corrected chi connectivity index (χ2v) is 5.62. The van der Waals surface area contributed by atoms with Crippen molar-refractivity contribution in [2.45, 2.75) is 19.3 Å². The lowest BCUT2D eigenvalue weighted by molar-refractivity contribution is -0.142. The van der Waals surface area contributed by atoms with Crippen LogP contribution in [0.4, 0.5) is 13.2 Å². The van der Waals surface area contributed by atoms with E-state index in [-0.39, 0.29) is 12.5 Å². The highest BCUT2D eigenvalue weighted by Crippen LogP contribution is 2.31. The molecule has 1 aliphatic rings. The molecule has 25 heavy (non-hydrogen) atoms. The van der Waals surface area contributed by atoms with Crippen molar-refractivity contribution in [2.75, 3.05) is 20.3 Å². The maximum atomic E-state index is 12.5. The lowest BCUT2D eigenvalue weighted by atomic mass is 10.2. The first-order chi connectivity index (χ1) is 11.8. The fourth-order valence-corrected chi connectivity index (χ4v) is 2.41. The van der Waals surface area contributed by atoms with E-state index in [2.05, 4.69) is 5.10 Å². The maximum absolute atomic E-state index is 12.5. The Balaban J connectivity index is 1.62. The highest BCUT2D eigenvalue weighted by molar-refractivity contribution is 5.75. The molecule has 1 amide bonds. The molecule has 6 nitrogen and oxygen atoms in total. The summed E-state index contributed by atoms with van der Waals surface area (Å²) in [5, 5.41) is 3.38. The molecule has 0 saturated carbocycles. The first kappa shape index (κ1) is 17.1. The van der Waals surface area contributed by atoms with E-state index in [0.717, 1.165) is 22.5 Å². The Kier molecular flexibility index (Phi) is 4.56. The Bertz CT molecular complexity index is 773. The van der Waals surface area contributed by atoms with Crippen molar-refractivity contribution in [1.82, 2.24) is 14.7 Å². The predicted octanol–water partition coefficient (Wildman–Crippen LogP) is 2.33. The number of hydrogen-bond donors (Lipinski definition) is 0. The second-order valence-electron chi connectivity index (χ2n) is 5.62. The van der Waals surface area contributed by atoms with E-state index in [0.29, 0.717) is 31.3 Å².